The van der Waals surface area contributed by atoms with E-state index in [2.05, 4.69) is 16.0 Å². The van der Waals surface area contributed by atoms with Gasteiger partial charge in [-0.2, -0.15) is 0 Å². The molecule has 2 aliphatic heterocycles. The van der Waals surface area contributed by atoms with E-state index in [1.165, 1.54) is 0 Å². The van der Waals surface area contributed by atoms with E-state index < -0.39 is 0 Å². The Hall–Kier alpha value is -1.30. The number of amides is 2. The Kier molecular flexibility index (Phi) is 4.33. The molecule has 0 atom stereocenters. The van der Waals surface area contributed by atoms with Crippen molar-refractivity contribution in [3.8, 4) is 0 Å². The number of hydrogen-bond donors (Lipinski definition) is 3. The quantitative estimate of drug-likeness (QED) is 0.743. The molecular weight excluding hydrogens is 288 g/mol. The summed E-state index contributed by atoms with van der Waals surface area (Å²) in [4.78, 5) is 14.7. The van der Waals surface area contributed by atoms with Gasteiger partial charge in [-0.05, 0) is 50.2 Å². The molecule has 6 heteroatoms. The first-order valence-corrected chi connectivity index (χ1v) is 7.83. The van der Waals surface area contributed by atoms with Crippen LogP contribution in [-0.2, 0) is 0 Å². The van der Waals surface area contributed by atoms with Crippen LogP contribution < -0.4 is 16.0 Å². The highest BCUT2D eigenvalue weighted by atomic mass is 35.5. The van der Waals surface area contributed by atoms with Crippen LogP contribution in [-0.4, -0.2) is 49.2 Å². The SMILES string of the molecule is O=C(Nc1ccc(Cl)cc1)N1CCNCC12CCNCC2. The van der Waals surface area contributed by atoms with Crippen LogP contribution >= 0.6 is 11.6 Å². The number of urea groups is 1. The Labute approximate surface area is 130 Å². The molecule has 2 amide bonds. The minimum absolute atomic E-state index is 0.0132. The van der Waals surface area contributed by atoms with Gasteiger partial charge in [0.2, 0.25) is 0 Å². The second-order valence-electron chi connectivity index (χ2n) is 5.74. The lowest BCUT2D eigenvalue weighted by Gasteiger charge is -2.49. The zero-order valence-corrected chi connectivity index (χ0v) is 12.7. The number of nitrogens with zero attached hydrogens (tertiary/aromatic N) is 1. The van der Waals surface area contributed by atoms with E-state index in [1.807, 2.05) is 17.0 Å². The number of carbonyl (C=O) groups excluding carboxylic acids is 1. The number of halogens is 1. The molecular formula is C15H21ClN4O. The molecule has 21 heavy (non-hydrogen) atoms. The normalized spacial score (nSPS) is 21.3. The van der Waals surface area contributed by atoms with Gasteiger partial charge in [0.25, 0.3) is 0 Å². The molecule has 2 fully saturated rings. The van der Waals surface area contributed by atoms with Crippen LogP contribution in [0.4, 0.5) is 10.5 Å². The molecule has 3 rings (SSSR count). The topological polar surface area (TPSA) is 56.4 Å². The van der Waals surface area contributed by atoms with Crippen molar-refractivity contribution in [1.29, 1.82) is 0 Å². The molecule has 3 N–H and O–H groups in total. The van der Waals surface area contributed by atoms with Crippen molar-refractivity contribution in [2.75, 3.05) is 38.0 Å². The minimum Gasteiger partial charge on any atom is -0.317 e. The van der Waals surface area contributed by atoms with Gasteiger partial charge in [0.15, 0.2) is 0 Å². The average molecular weight is 309 g/mol. The highest BCUT2D eigenvalue weighted by Crippen LogP contribution is 2.28. The smallest absolute Gasteiger partial charge is 0.317 e. The number of piperidine rings is 1. The highest BCUT2D eigenvalue weighted by Gasteiger charge is 2.42. The molecule has 2 heterocycles. The second kappa shape index (κ2) is 6.22. The van der Waals surface area contributed by atoms with Crippen LogP contribution in [0.3, 0.4) is 0 Å². The number of rotatable bonds is 1. The second-order valence-corrected chi connectivity index (χ2v) is 6.18. The predicted octanol–water partition coefficient (Wildman–Crippen LogP) is 1.90. The van der Waals surface area contributed by atoms with Crippen LogP contribution in [0.2, 0.25) is 5.02 Å². The number of piperazine rings is 1. The van der Waals surface area contributed by atoms with Crippen LogP contribution in [0.1, 0.15) is 12.8 Å². The van der Waals surface area contributed by atoms with Gasteiger partial charge in [-0.1, -0.05) is 11.6 Å². The fourth-order valence-electron chi connectivity index (χ4n) is 3.22. The lowest BCUT2D eigenvalue weighted by atomic mass is 9.85. The molecule has 0 saturated carbocycles. The van der Waals surface area contributed by atoms with E-state index in [1.54, 1.807) is 12.1 Å². The zero-order valence-electron chi connectivity index (χ0n) is 12.0. The van der Waals surface area contributed by atoms with Crippen LogP contribution in [0, 0.1) is 0 Å². The molecule has 1 spiro atoms. The lowest BCUT2D eigenvalue weighted by molar-refractivity contribution is 0.0690. The van der Waals surface area contributed by atoms with E-state index in [4.69, 9.17) is 11.6 Å². The number of hydrogen-bond acceptors (Lipinski definition) is 3. The van der Waals surface area contributed by atoms with Crippen LogP contribution in [0.25, 0.3) is 0 Å². The first kappa shape index (κ1) is 14.6. The third-order valence-electron chi connectivity index (χ3n) is 4.41. The van der Waals surface area contributed by atoms with Crippen molar-refractivity contribution in [3.63, 3.8) is 0 Å². The van der Waals surface area contributed by atoms with Crippen molar-refractivity contribution in [1.82, 2.24) is 15.5 Å². The molecule has 0 aliphatic carbocycles. The summed E-state index contributed by atoms with van der Waals surface area (Å²) in [5.74, 6) is 0. The number of nitrogens with one attached hydrogen (secondary N) is 3. The maximum Gasteiger partial charge on any atom is 0.322 e. The Balaban J connectivity index is 1.73. The summed E-state index contributed by atoms with van der Waals surface area (Å²) in [6.07, 6.45) is 1.99. The van der Waals surface area contributed by atoms with Gasteiger partial charge in [-0.15, -0.1) is 0 Å². The van der Waals surface area contributed by atoms with Gasteiger partial charge in [0.1, 0.15) is 0 Å². The van der Waals surface area contributed by atoms with Gasteiger partial charge < -0.3 is 20.9 Å². The predicted molar refractivity (Wildman–Crippen MR) is 84.9 cm³/mol. The fraction of sp³-hybridized carbons (Fsp3) is 0.533. The summed E-state index contributed by atoms with van der Waals surface area (Å²) in [6.45, 7) is 4.41. The van der Waals surface area contributed by atoms with E-state index in [-0.39, 0.29) is 11.6 Å². The van der Waals surface area contributed by atoms with Crippen molar-refractivity contribution in [3.05, 3.63) is 29.3 Å². The average Bonchev–Trinajstić information content (AvgIpc) is 2.51. The standard InChI is InChI=1S/C15H21ClN4O/c16-12-1-3-13(4-2-12)19-14(21)20-10-9-18-11-15(20)5-7-17-8-6-15/h1-4,17-18H,5-11H2,(H,19,21). The van der Waals surface area contributed by atoms with Crippen molar-refractivity contribution >= 4 is 23.3 Å². The third-order valence-corrected chi connectivity index (χ3v) is 4.67. The molecule has 0 bridgehead atoms. The van der Waals surface area contributed by atoms with E-state index in [9.17, 15) is 4.79 Å². The summed E-state index contributed by atoms with van der Waals surface area (Å²) < 4.78 is 0. The van der Waals surface area contributed by atoms with Gasteiger partial charge in [-0.25, -0.2) is 4.79 Å². The molecule has 1 aromatic rings. The third kappa shape index (κ3) is 3.15. The molecule has 5 nitrogen and oxygen atoms in total. The summed E-state index contributed by atoms with van der Waals surface area (Å²) in [6, 6.07) is 7.22. The largest absolute Gasteiger partial charge is 0.322 e. The fourth-order valence-corrected chi connectivity index (χ4v) is 3.35. The summed E-state index contributed by atoms with van der Waals surface area (Å²) in [5, 5.41) is 10.5. The van der Waals surface area contributed by atoms with Gasteiger partial charge in [0.05, 0.1) is 5.54 Å². The molecule has 0 radical (unpaired) electrons. The van der Waals surface area contributed by atoms with E-state index in [0.29, 0.717) is 5.02 Å². The minimum atomic E-state index is -0.0555. The van der Waals surface area contributed by atoms with Gasteiger partial charge in [-0.3, -0.25) is 0 Å². The summed E-state index contributed by atoms with van der Waals surface area (Å²) in [5.41, 5.74) is 0.729. The Morgan fingerprint density at radius 3 is 2.57 bits per heavy atom. The molecule has 0 unspecified atom stereocenters. The maximum atomic E-state index is 12.7. The molecule has 2 aliphatic rings. The van der Waals surface area contributed by atoms with E-state index >= 15 is 0 Å². The first-order chi connectivity index (χ1) is 10.2. The Bertz CT molecular complexity index is 491. The molecule has 1 aromatic carbocycles. The number of benzene rings is 1. The van der Waals surface area contributed by atoms with Gasteiger partial charge >= 0.3 is 6.03 Å². The molecule has 2 saturated heterocycles. The first-order valence-electron chi connectivity index (χ1n) is 7.45. The molecule has 114 valence electrons. The van der Waals surface area contributed by atoms with Gasteiger partial charge in [0, 0.05) is 30.3 Å². The molecule has 0 aromatic heterocycles. The Morgan fingerprint density at radius 1 is 1.14 bits per heavy atom. The lowest BCUT2D eigenvalue weighted by Crippen LogP contribution is -2.66. The van der Waals surface area contributed by atoms with Crippen molar-refractivity contribution < 1.29 is 4.79 Å². The van der Waals surface area contributed by atoms with Crippen molar-refractivity contribution in [2.45, 2.75) is 18.4 Å². The summed E-state index contributed by atoms with van der Waals surface area (Å²) in [7, 11) is 0. The highest BCUT2D eigenvalue weighted by molar-refractivity contribution is 6.30. The number of carbonyl (C=O) groups is 1. The monoisotopic (exact) mass is 308 g/mol. The van der Waals surface area contributed by atoms with Crippen molar-refractivity contribution in [2.24, 2.45) is 0 Å². The summed E-state index contributed by atoms with van der Waals surface area (Å²) >= 11 is 5.88. The Morgan fingerprint density at radius 2 is 1.86 bits per heavy atom. The van der Waals surface area contributed by atoms with E-state index in [0.717, 1.165) is 51.3 Å². The van der Waals surface area contributed by atoms with Crippen LogP contribution in [0.5, 0.6) is 0 Å². The number of anilines is 1. The maximum absolute atomic E-state index is 12.7. The van der Waals surface area contributed by atoms with Crippen LogP contribution in [0.15, 0.2) is 24.3 Å². The zero-order chi connectivity index (χ0) is 14.7.